The zero-order valence-electron chi connectivity index (χ0n) is 21.2. The monoisotopic (exact) mass is 481 g/mol. The lowest BCUT2D eigenvalue weighted by Gasteiger charge is -2.34. The Bertz CT molecular complexity index is 1260. The lowest BCUT2D eigenvalue weighted by molar-refractivity contribution is 0.0995. The van der Waals surface area contributed by atoms with E-state index in [2.05, 4.69) is 33.7 Å². The van der Waals surface area contributed by atoms with Crippen LogP contribution in [0.1, 0.15) is 60.2 Å². The zero-order valence-corrected chi connectivity index (χ0v) is 21.2. The fourth-order valence-electron chi connectivity index (χ4n) is 4.81. The fourth-order valence-corrected chi connectivity index (χ4v) is 4.81. The Morgan fingerprint density at radius 3 is 2.66 bits per heavy atom. The van der Waals surface area contributed by atoms with Crippen molar-refractivity contribution in [2.24, 2.45) is 11.1 Å². The zero-order chi connectivity index (χ0) is 25.3. The number of aryl methyl sites for hydroxylation is 2. The number of anilines is 2. The SMILES string of the molecule is CCn1nc(C)cc1C(=O)Nc1nc2cc(C(N)=O)cc3c2n1C[C@@](C)(CC)CN3CCCOC. The molecule has 0 saturated carbocycles. The van der Waals surface area contributed by atoms with E-state index >= 15 is 0 Å². The molecule has 0 radical (unpaired) electrons. The maximum Gasteiger partial charge on any atom is 0.276 e. The number of primary amides is 1. The Morgan fingerprint density at radius 2 is 2.00 bits per heavy atom. The van der Waals surface area contributed by atoms with Crippen LogP contribution in [0.25, 0.3) is 11.0 Å². The van der Waals surface area contributed by atoms with Gasteiger partial charge in [-0.15, -0.1) is 0 Å². The van der Waals surface area contributed by atoms with Crippen molar-refractivity contribution >= 4 is 34.5 Å². The maximum absolute atomic E-state index is 13.3. The van der Waals surface area contributed by atoms with Crippen molar-refractivity contribution in [1.82, 2.24) is 19.3 Å². The van der Waals surface area contributed by atoms with Crippen LogP contribution in [0.5, 0.6) is 0 Å². The third-order valence-electron chi connectivity index (χ3n) is 6.85. The molecule has 1 aromatic carbocycles. The number of benzene rings is 1. The third kappa shape index (κ3) is 4.75. The van der Waals surface area contributed by atoms with Gasteiger partial charge in [-0.3, -0.25) is 19.6 Å². The summed E-state index contributed by atoms with van der Waals surface area (Å²) in [5.74, 6) is -0.326. The number of aromatic nitrogens is 4. The number of nitrogens with zero attached hydrogens (tertiary/aromatic N) is 5. The summed E-state index contributed by atoms with van der Waals surface area (Å²) in [4.78, 5) is 32.5. The molecule has 1 aliphatic rings. The van der Waals surface area contributed by atoms with E-state index in [0.29, 0.717) is 42.4 Å². The molecule has 1 atom stereocenters. The van der Waals surface area contributed by atoms with E-state index in [9.17, 15) is 9.59 Å². The van der Waals surface area contributed by atoms with Crippen molar-refractivity contribution in [3.63, 3.8) is 0 Å². The molecule has 2 amide bonds. The molecule has 0 saturated heterocycles. The molecule has 0 bridgehead atoms. The Balaban J connectivity index is 1.85. The van der Waals surface area contributed by atoms with Gasteiger partial charge in [0.05, 0.1) is 22.4 Å². The van der Waals surface area contributed by atoms with E-state index in [1.54, 1.807) is 23.9 Å². The van der Waals surface area contributed by atoms with Crippen LogP contribution in [0.15, 0.2) is 18.2 Å². The summed E-state index contributed by atoms with van der Waals surface area (Å²) in [6.07, 6.45) is 1.77. The van der Waals surface area contributed by atoms with Crippen molar-refractivity contribution in [2.45, 2.75) is 53.6 Å². The molecular formula is C25H35N7O3. The van der Waals surface area contributed by atoms with Gasteiger partial charge in [-0.05, 0) is 44.9 Å². The maximum atomic E-state index is 13.3. The molecule has 3 aromatic rings. The number of hydrogen-bond donors (Lipinski definition) is 2. The molecule has 2 aromatic heterocycles. The summed E-state index contributed by atoms with van der Waals surface area (Å²) in [6.45, 7) is 11.7. The highest BCUT2D eigenvalue weighted by Crippen LogP contribution is 2.40. The quantitative estimate of drug-likeness (QED) is 0.453. The van der Waals surface area contributed by atoms with Gasteiger partial charge in [-0.1, -0.05) is 13.8 Å². The summed E-state index contributed by atoms with van der Waals surface area (Å²) in [6, 6.07) is 5.32. The van der Waals surface area contributed by atoms with Gasteiger partial charge in [0.15, 0.2) is 0 Å². The normalized spacial score (nSPS) is 17.6. The first-order valence-electron chi connectivity index (χ1n) is 12.1. The number of imidazole rings is 1. The predicted octanol–water partition coefficient (Wildman–Crippen LogP) is 3.19. The molecule has 10 heteroatoms. The topological polar surface area (TPSA) is 120 Å². The van der Waals surface area contributed by atoms with E-state index in [4.69, 9.17) is 15.5 Å². The molecule has 1 aliphatic heterocycles. The second kappa shape index (κ2) is 9.69. The minimum atomic E-state index is -0.509. The molecule has 10 nitrogen and oxygen atoms in total. The van der Waals surface area contributed by atoms with Crippen LogP contribution in [0, 0.1) is 12.3 Å². The van der Waals surface area contributed by atoms with E-state index < -0.39 is 5.91 Å². The molecule has 3 heterocycles. The van der Waals surface area contributed by atoms with Gasteiger partial charge in [0, 0.05) is 50.9 Å². The highest BCUT2D eigenvalue weighted by Gasteiger charge is 2.34. The van der Waals surface area contributed by atoms with Gasteiger partial charge in [0.1, 0.15) is 5.69 Å². The lowest BCUT2D eigenvalue weighted by atomic mass is 9.87. The first-order valence-corrected chi connectivity index (χ1v) is 12.1. The number of amides is 2. The predicted molar refractivity (Wildman–Crippen MR) is 136 cm³/mol. The number of carbonyl (C=O) groups excluding carboxylic acids is 2. The second-order valence-corrected chi connectivity index (χ2v) is 9.62. The fraction of sp³-hybridized carbons (Fsp3) is 0.520. The standard InChI is InChI=1S/C25H35N7O3/c1-6-25(4)14-30(9-8-10-35-5)19-13-17(22(26)33)12-18-21(19)31(15-25)24(27-18)28-23(34)20-11-16(3)29-32(20)7-2/h11-13H,6-10,14-15H2,1-5H3,(H2,26,33)(H,27,28,34)/t25-/m0/s1. The summed E-state index contributed by atoms with van der Waals surface area (Å²) < 4.78 is 9.04. The molecule has 0 unspecified atom stereocenters. The average Bonchev–Trinajstić information content (AvgIpc) is 3.33. The largest absolute Gasteiger partial charge is 0.385 e. The van der Waals surface area contributed by atoms with E-state index in [-0.39, 0.29) is 11.3 Å². The van der Waals surface area contributed by atoms with Gasteiger partial charge in [0.2, 0.25) is 11.9 Å². The highest BCUT2D eigenvalue weighted by atomic mass is 16.5. The minimum Gasteiger partial charge on any atom is -0.385 e. The van der Waals surface area contributed by atoms with Crippen molar-refractivity contribution in [3.05, 3.63) is 35.2 Å². The Labute approximate surface area is 205 Å². The molecule has 3 N–H and O–H groups in total. The van der Waals surface area contributed by atoms with Gasteiger partial charge in [0.25, 0.3) is 5.91 Å². The van der Waals surface area contributed by atoms with Crippen LogP contribution in [-0.2, 0) is 17.8 Å². The number of ether oxygens (including phenoxy) is 1. The van der Waals surface area contributed by atoms with Crippen LogP contribution in [-0.4, -0.2) is 58.0 Å². The number of nitrogens with one attached hydrogen (secondary N) is 1. The Kier molecular flexibility index (Phi) is 6.84. The second-order valence-electron chi connectivity index (χ2n) is 9.62. The highest BCUT2D eigenvalue weighted by molar-refractivity contribution is 6.05. The molecule has 35 heavy (non-hydrogen) atoms. The number of carbonyl (C=O) groups is 2. The first kappa shape index (κ1) is 24.7. The Hall–Kier alpha value is -3.40. The smallest absolute Gasteiger partial charge is 0.276 e. The summed E-state index contributed by atoms with van der Waals surface area (Å²) in [5, 5.41) is 7.41. The van der Waals surface area contributed by atoms with E-state index in [1.165, 1.54) is 0 Å². The average molecular weight is 482 g/mol. The van der Waals surface area contributed by atoms with Crippen molar-refractivity contribution in [2.75, 3.05) is 37.0 Å². The molecule has 0 fully saturated rings. The minimum absolute atomic E-state index is 0.0894. The number of rotatable bonds is 9. The van der Waals surface area contributed by atoms with Gasteiger partial charge in [-0.25, -0.2) is 4.98 Å². The third-order valence-corrected chi connectivity index (χ3v) is 6.85. The van der Waals surface area contributed by atoms with Crippen LogP contribution >= 0.6 is 0 Å². The molecule has 4 rings (SSSR count). The number of nitrogens with two attached hydrogens (primary N) is 1. The summed E-state index contributed by atoms with van der Waals surface area (Å²) in [5.41, 5.74) is 9.66. The first-order chi connectivity index (χ1) is 16.7. The van der Waals surface area contributed by atoms with E-state index in [1.807, 2.05) is 19.9 Å². The van der Waals surface area contributed by atoms with Crippen LogP contribution in [0.2, 0.25) is 0 Å². The van der Waals surface area contributed by atoms with Crippen molar-refractivity contribution in [3.8, 4) is 0 Å². The number of methoxy groups -OCH3 is 1. The van der Waals surface area contributed by atoms with Crippen LogP contribution in [0.4, 0.5) is 11.6 Å². The summed E-state index contributed by atoms with van der Waals surface area (Å²) >= 11 is 0. The van der Waals surface area contributed by atoms with Crippen molar-refractivity contribution < 1.29 is 14.3 Å². The summed E-state index contributed by atoms with van der Waals surface area (Å²) in [7, 11) is 1.69. The van der Waals surface area contributed by atoms with Crippen LogP contribution in [0.3, 0.4) is 0 Å². The van der Waals surface area contributed by atoms with Crippen molar-refractivity contribution in [1.29, 1.82) is 0 Å². The van der Waals surface area contributed by atoms with Gasteiger partial charge in [-0.2, -0.15) is 5.10 Å². The molecule has 188 valence electrons. The molecule has 0 aliphatic carbocycles. The van der Waals surface area contributed by atoms with E-state index in [0.717, 1.165) is 42.8 Å². The molecule has 0 spiro atoms. The molecular weight excluding hydrogens is 446 g/mol. The van der Waals surface area contributed by atoms with Crippen LogP contribution < -0.4 is 16.0 Å². The number of hydrogen-bond acceptors (Lipinski definition) is 6. The Morgan fingerprint density at radius 1 is 1.23 bits per heavy atom. The lowest BCUT2D eigenvalue weighted by Crippen LogP contribution is -2.37. The van der Waals surface area contributed by atoms with Gasteiger partial charge < -0.3 is 19.9 Å². The van der Waals surface area contributed by atoms with Gasteiger partial charge >= 0.3 is 0 Å².